The normalized spacial score (nSPS) is 20.9. The molecule has 3 N–H and O–H groups in total. The zero-order chi connectivity index (χ0) is 11.1. The molecule has 1 rings (SSSR count). The minimum atomic E-state index is -0.621. The van der Waals surface area contributed by atoms with Gasteiger partial charge in [-0.25, -0.2) is 5.48 Å². The van der Waals surface area contributed by atoms with Crippen molar-refractivity contribution in [2.24, 2.45) is 5.73 Å². The average molecular weight is 216 g/mol. The lowest BCUT2D eigenvalue weighted by Gasteiger charge is -2.21. The molecule has 0 aromatic carbocycles. The van der Waals surface area contributed by atoms with E-state index in [0.29, 0.717) is 6.61 Å². The molecule has 2 amide bonds. The molecule has 1 saturated heterocycles. The van der Waals surface area contributed by atoms with Crippen LogP contribution in [0.4, 0.5) is 0 Å². The summed E-state index contributed by atoms with van der Waals surface area (Å²) in [5, 5.41) is 0. The van der Waals surface area contributed by atoms with E-state index in [1.807, 2.05) is 0 Å². The summed E-state index contributed by atoms with van der Waals surface area (Å²) in [5.41, 5.74) is 6.96. The third kappa shape index (κ3) is 5.34. The second kappa shape index (κ2) is 6.36. The summed E-state index contributed by atoms with van der Waals surface area (Å²) in [6.45, 7) is 0.400. The van der Waals surface area contributed by atoms with E-state index in [9.17, 15) is 9.59 Å². The molecule has 1 fully saturated rings. The second-order valence-electron chi connectivity index (χ2n) is 3.47. The number of ether oxygens (including phenoxy) is 1. The van der Waals surface area contributed by atoms with E-state index in [2.05, 4.69) is 10.3 Å². The van der Waals surface area contributed by atoms with Crippen LogP contribution in [0, 0.1) is 0 Å². The van der Waals surface area contributed by atoms with Gasteiger partial charge in [0, 0.05) is 6.61 Å². The van der Waals surface area contributed by atoms with Crippen LogP contribution in [-0.4, -0.2) is 31.1 Å². The minimum absolute atomic E-state index is 0.0315. The number of carbonyl (C=O) groups is 2. The Bertz CT molecular complexity index is 226. The predicted molar refractivity (Wildman–Crippen MR) is 51.5 cm³/mol. The summed E-state index contributed by atoms with van der Waals surface area (Å²) in [5.74, 6) is -0.910. The number of amides is 2. The second-order valence-corrected chi connectivity index (χ2v) is 3.47. The van der Waals surface area contributed by atoms with Gasteiger partial charge >= 0.3 is 0 Å². The standard InChI is InChI=1S/C9H16N2O4/c10-8(12)6-15-11-9(13)5-7-3-1-2-4-14-7/h7H,1-6H2,(H2,10,12)(H,11,13). The summed E-state index contributed by atoms with van der Waals surface area (Å²) >= 11 is 0. The lowest BCUT2D eigenvalue weighted by Crippen LogP contribution is -2.33. The number of nitrogens with one attached hydrogen (secondary N) is 1. The Labute approximate surface area is 88.0 Å². The molecule has 0 aromatic heterocycles. The molecule has 0 bridgehead atoms. The van der Waals surface area contributed by atoms with Crippen molar-refractivity contribution in [3.05, 3.63) is 0 Å². The van der Waals surface area contributed by atoms with Crippen LogP contribution in [0.3, 0.4) is 0 Å². The smallest absolute Gasteiger partial charge is 0.246 e. The zero-order valence-corrected chi connectivity index (χ0v) is 8.53. The predicted octanol–water partition coefficient (Wildman–Crippen LogP) is -0.521. The van der Waals surface area contributed by atoms with Gasteiger partial charge in [0.1, 0.15) is 0 Å². The highest BCUT2D eigenvalue weighted by atomic mass is 16.7. The molecule has 1 aliphatic rings. The number of carbonyl (C=O) groups excluding carboxylic acids is 2. The molecule has 86 valence electrons. The third-order valence-electron chi connectivity index (χ3n) is 2.09. The van der Waals surface area contributed by atoms with Crippen molar-refractivity contribution in [3.63, 3.8) is 0 Å². The summed E-state index contributed by atoms with van der Waals surface area (Å²) in [6.07, 6.45) is 3.26. The summed E-state index contributed by atoms with van der Waals surface area (Å²) in [4.78, 5) is 26.1. The molecule has 0 saturated carbocycles. The van der Waals surface area contributed by atoms with Crippen LogP contribution in [0.5, 0.6) is 0 Å². The molecule has 1 atom stereocenters. The molecule has 1 aliphatic heterocycles. The Balaban J connectivity index is 2.09. The zero-order valence-electron chi connectivity index (χ0n) is 8.53. The van der Waals surface area contributed by atoms with Crippen LogP contribution in [0.25, 0.3) is 0 Å². The van der Waals surface area contributed by atoms with Gasteiger partial charge < -0.3 is 10.5 Å². The molecule has 1 unspecified atom stereocenters. The Kier molecular flexibility index (Phi) is 5.06. The van der Waals surface area contributed by atoms with Gasteiger partial charge in [0.05, 0.1) is 12.5 Å². The largest absolute Gasteiger partial charge is 0.378 e. The quantitative estimate of drug-likeness (QED) is 0.605. The Morgan fingerprint density at radius 2 is 2.27 bits per heavy atom. The third-order valence-corrected chi connectivity index (χ3v) is 2.09. The van der Waals surface area contributed by atoms with Crippen molar-refractivity contribution in [1.82, 2.24) is 5.48 Å². The van der Waals surface area contributed by atoms with Gasteiger partial charge in [0.2, 0.25) is 11.8 Å². The van der Waals surface area contributed by atoms with Crippen molar-refractivity contribution in [2.45, 2.75) is 31.8 Å². The molecular weight excluding hydrogens is 200 g/mol. The molecule has 0 radical (unpaired) electrons. The van der Waals surface area contributed by atoms with Crippen LogP contribution in [0.15, 0.2) is 0 Å². The van der Waals surface area contributed by atoms with Gasteiger partial charge in [-0.15, -0.1) is 0 Å². The first-order chi connectivity index (χ1) is 7.18. The first-order valence-electron chi connectivity index (χ1n) is 4.99. The van der Waals surface area contributed by atoms with Crippen molar-refractivity contribution >= 4 is 11.8 Å². The number of rotatable bonds is 5. The van der Waals surface area contributed by atoms with Gasteiger partial charge in [0.25, 0.3) is 0 Å². The lowest BCUT2D eigenvalue weighted by atomic mass is 10.1. The molecule has 6 nitrogen and oxygen atoms in total. The van der Waals surface area contributed by atoms with E-state index in [4.69, 9.17) is 10.5 Å². The van der Waals surface area contributed by atoms with Gasteiger partial charge in [-0.05, 0) is 19.3 Å². The van der Waals surface area contributed by atoms with Gasteiger partial charge in [0.15, 0.2) is 6.61 Å². The monoisotopic (exact) mass is 216 g/mol. The van der Waals surface area contributed by atoms with Crippen LogP contribution in [0.1, 0.15) is 25.7 Å². The number of hydrogen-bond acceptors (Lipinski definition) is 4. The first kappa shape index (κ1) is 11.9. The van der Waals surface area contributed by atoms with Crippen LogP contribution < -0.4 is 11.2 Å². The topological polar surface area (TPSA) is 90.7 Å². The maximum Gasteiger partial charge on any atom is 0.246 e. The molecular formula is C9H16N2O4. The van der Waals surface area contributed by atoms with Gasteiger partial charge in [-0.1, -0.05) is 0 Å². The highest BCUT2D eigenvalue weighted by Crippen LogP contribution is 2.15. The number of hydrogen-bond donors (Lipinski definition) is 2. The fourth-order valence-corrected chi connectivity index (χ4v) is 1.40. The van der Waals surface area contributed by atoms with E-state index in [-0.39, 0.29) is 25.0 Å². The van der Waals surface area contributed by atoms with E-state index in [0.717, 1.165) is 19.3 Å². The maximum absolute atomic E-state index is 11.2. The molecule has 0 aromatic rings. The maximum atomic E-state index is 11.2. The van der Waals surface area contributed by atoms with Crippen LogP contribution in [0.2, 0.25) is 0 Å². The minimum Gasteiger partial charge on any atom is -0.378 e. The van der Waals surface area contributed by atoms with Crippen molar-refractivity contribution < 1.29 is 19.2 Å². The fraction of sp³-hybridized carbons (Fsp3) is 0.778. The Hall–Kier alpha value is -1.14. The summed E-state index contributed by atoms with van der Waals surface area (Å²) in [6, 6.07) is 0. The molecule has 6 heteroatoms. The van der Waals surface area contributed by atoms with Crippen molar-refractivity contribution in [1.29, 1.82) is 0 Å². The number of nitrogens with two attached hydrogens (primary N) is 1. The number of hydroxylamine groups is 1. The van der Waals surface area contributed by atoms with Gasteiger partial charge in [-0.2, -0.15) is 0 Å². The molecule has 1 heterocycles. The van der Waals surface area contributed by atoms with E-state index >= 15 is 0 Å². The van der Waals surface area contributed by atoms with E-state index in [1.165, 1.54) is 0 Å². The summed E-state index contributed by atoms with van der Waals surface area (Å²) < 4.78 is 5.37. The number of primary amides is 1. The fourth-order valence-electron chi connectivity index (χ4n) is 1.40. The first-order valence-corrected chi connectivity index (χ1v) is 4.99. The summed E-state index contributed by atoms with van der Waals surface area (Å²) in [7, 11) is 0. The average Bonchev–Trinajstić information content (AvgIpc) is 2.18. The Morgan fingerprint density at radius 1 is 1.47 bits per heavy atom. The lowest BCUT2D eigenvalue weighted by molar-refractivity contribution is -0.140. The Morgan fingerprint density at radius 3 is 2.87 bits per heavy atom. The van der Waals surface area contributed by atoms with Crippen LogP contribution >= 0.6 is 0 Å². The van der Waals surface area contributed by atoms with E-state index < -0.39 is 5.91 Å². The highest BCUT2D eigenvalue weighted by molar-refractivity contribution is 5.77. The SMILES string of the molecule is NC(=O)CONC(=O)CC1CCCCO1. The molecule has 0 aliphatic carbocycles. The van der Waals surface area contributed by atoms with Crippen molar-refractivity contribution in [2.75, 3.05) is 13.2 Å². The highest BCUT2D eigenvalue weighted by Gasteiger charge is 2.17. The molecule has 15 heavy (non-hydrogen) atoms. The van der Waals surface area contributed by atoms with Crippen LogP contribution in [-0.2, 0) is 19.2 Å². The van der Waals surface area contributed by atoms with Crippen molar-refractivity contribution in [3.8, 4) is 0 Å². The molecule has 0 spiro atoms. The van der Waals surface area contributed by atoms with E-state index in [1.54, 1.807) is 0 Å². The van der Waals surface area contributed by atoms with Gasteiger partial charge in [-0.3, -0.25) is 14.4 Å².